The van der Waals surface area contributed by atoms with Crippen molar-refractivity contribution in [3.63, 3.8) is 0 Å². The van der Waals surface area contributed by atoms with Crippen molar-refractivity contribution in [3.05, 3.63) is 50.1 Å². The van der Waals surface area contributed by atoms with Gasteiger partial charge in [0.05, 0.1) is 11.1 Å². The lowest BCUT2D eigenvalue weighted by Gasteiger charge is -2.09. The molecule has 26 heavy (non-hydrogen) atoms. The highest BCUT2D eigenvalue weighted by Crippen LogP contribution is 2.28. The fourth-order valence-corrected chi connectivity index (χ4v) is 4.47. The average Bonchev–Trinajstić information content (AvgIpc) is 2.87. The van der Waals surface area contributed by atoms with E-state index in [1.54, 1.807) is 7.05 Å². The van der Waals surface area contributed by atoms with Crippen LogP contribution in [0.3, 0.4) is 0 Å². The summed E-state index contributed by atoms with van der Waals surface area (Å²) >= 11 is 2.79. The highest BCUT2D eigenvalue weighted by atomic mass is 32.2. The number of thiophene rings is 1. The van der Waals surface area contributed by atoms with Gasteiger partial charge in [0.2, 0.25) is 5.91 Å². The molecule has 7 heteroatoms. The van der Waals surface area contributed by atoms with Crippen LogP contribution in [0, 0.1) is 27.7 Å². The molecular formula is C19H21N3O2S2. The minimum Gasteiger partial charge on any atom is -0.325 e. The van der Waals surface area contributed by atoms with Crippen LogP contribution in [-0.4, -0.2) is 21.2 Å². The first-order valence-corrected chi connectivity index (χ1v) is 10.0. The number of aryl methyl sites for hydroxylation is 4. The molecule has 0 aliphatic rings. The van der Waals surface area contributed by atoms with Gasteiger partial charge >= 0.3 is 0 Å². The number of amides is 1. The Balaban J connectivity index is 1.77. The number of hydrogen-bond acceptors (Lipinski definition) is 5. The van der Waals surface area contributed by atoms with Crippen LogP contribution in [0.1, 0.15) is 21.6 Å². The highest BCUT2D eigenvalue weighted by Gasteiger charge is 2.15. The van der Waals surface area contributed by atoms with E-state index in [2.05, 4.69) is 10.3 Å². The van der Waals surface area contributed by atoms with Gasteiger partial charge in [-0.3, -0.25) is 14.2 Å². The lowest BCUT2D eigenvalue weighted by atomic mass is 10.1. The molecule has 1 amide bonds. The summed E-state index contributed by atoms with van der Waals surface area (Å²) in [5.41, 5.74) is 4.02. The molecule has 2 heterocycles. The van der Waals surface area contributed by atoms with Gasteiger partial charge < -0.3 is 5.32 Å². The molecule has 1 N–H and O–H groups in total. The molecule has 0 saturated heterocycles. The summed E-state index contributed by atoms with van der Waals surface area (Å²) < 4.78 is 1.52. The third kappa shape index (κ3) is 3.54. The van der Waals surface area contributed by atoms with E-state index in [-0.39, 0.29) is 17.2 Å². The van der Waals surface area contributed by atoms with Crippen molar-refractivity contribution in [2.45, 2.75) is 32.9 Å². The fraction of sp³-hybridized carbons (Fsp3) is 0.316. The Hall–Kier alpha value is -2.12. The summed E-state index contributed by atoms with van der Waals surface area (Å²) in [6.45, 7) is 7.98. The maximum absolute atomic E-state index is 12.6. The number of anilines is 1. The van der Waals surface area contributed by atoms with Crippen LogP contribution >= 0.6 is 23.1 Å². The van der Waals surface area contributed by atoms with E-state index in [0.717, 1.165) is 26.5 Å². The Bertz CT molecular complexity index is 1070. The Morgan fingerprint density at radius 2 is 1.96 bits per heavy atom. The Labute approximate surface area is 160 Å². The Morgan fingerprint density at radius 1 is 1.23 bits per heavy atom. The van der Waals surface area contributed by atoms with Gasteiger partial charge in [-0.05, 0) is 56.5 Å². The summed E-state index contributed by atoms with van der Waals surface area (Å²) in [5.74, 6) is 0.0772. The molecule has 0 unspecified atom stereocenters. The maximum Gasteiger partial charge on any atom is 0.262 e. The van der Waals surface area contributed by atoms with Gasteiger partial charge in [0.25, 0.3) is 5.56 Å². The molecule has 1 aromatic carbocycles. The molecular weight excluding hydrogens is 366 g/mol. The van der Waals surface area contributed by atoms with E-state index in [1.807, 2.05) is 45.9 Å². The van der Waals surface area contributed by atoms with Gasteiger partial charge in [0.1, 0.15) is 4.83 Å². The minimum atomic E-state index is -0.119. The maximum atomic E-state index is 12.6. The molecule has 3 aromatic rings. The van der Waals surface area contributed by atoms with Crippen LogP contribution < -0.4 is 10.9 Å². The predicted molar refractivity (Wildman–Crippen MR) is 110 cm³/mol. The summed E-state index contributed by atoms with van der Waals surface area (Å²) in [7, 11) is 1.70. The number of aromatic nitrogens is 2. The van der Waals surface area contributed by atoms with Crippen LogP contribution in [0.25, 0.3) is 10.2 Å². The minimum absolute atomic E-state index is 0.0612. The van der Waals surface area contributed by atoms with Gasteiger partial charge in [-0.15, -0.1) is 11.3 Å². The standard InChI is InChI=1S/C19H21N3O2S2/c1-10-6-7-14(8-11(10)2)20-15(23)9-25-19-21-17-16(18(24)22(19)5)12(3)13(4)26-17/h6-8H,9H2,1-5H3,(H,20,23). The van der Waals surface area contributed by atoms with Crippen molar-refractivity contribution in [3.8, 4) is 0 Å². The van der Waals surface area contributed by atoms with Gasteiger partial charge in [-0.2, -0.15) is 0 Å². The zero-order chi connectivity index (χ0) is 19.0. The monoisotopic (exact) mass is 387 g/mol. The normalized spacial score (nSPS) is 11.1. The molecule has 0 saturated carbocycles. The van der Waals surface area contributed by atoms with Crippen molar-refractivity contribution in [1.82, 2.24) is 9.55 Å². The predicted octanol–water partition coefficient (Wildman–Crippen LogP) is 3.96. The lowest BCUT2D eigenvalue weighted by molar-refractivity contribution is -0.113. The fourth-order valence-electron chi connectivity index (χ4n) is 2.63. The molecule has 0 bridgehead atoms. The smallest absolute Gasteiger partial charge is 0.262 e. The molecule has 5 nitrogen and oxygen atoms in total. The average molecular weight is 388 g/mol. The summed E-state index contributed by atoms with van der Waals surface area (Å²) in [4.78, 5) is 31.3. The van der Waals surface area contributed by atoms with Crippen molar-refractivity contribution in [2.24, 2.45) is 7.05 Å². The molecule has 0 atom stereocenters. The largest absolute Gasteiger partial charge is 0.325 e. The molecule has 0 aliphatic heterocycles. The van der Waals surface area contributed by atoms with Gasteiger partial charge in [-0.1, -0.05) is 17.8 Å². The zero-order valence-electron chi connectivity index (χ0n) is 15.5. The molecule has 0 radical (unpaired) electrons. The highest BCUT2D eigenvalue weighted by molar-refractivity contribution is 7.99. The summed E-state index contributed by atoms with van der Waals surface area (Å²) in [5, 5.41) is 4.13. The second-order valence-electron chi connectivity index (χ2n) is 6.36. The number of fused-ring (bicyclic) bond motifs is 1. The number of thioether (sulfide) groups is 1. The van der Waals surface area contributed by atoms with Crippen LogP contribution in [0.4, 0.5) is 5.69 Å². The molecule has 0 spiro atoms. The van der Waals surface area contributed by atoms with E-state index in [4.69, 9.17) is 0 Å². The van der Waals surface area contributed by atoms with Gasteiger partial charge in [0.15, 0.2) is 5.16 Å². The second-order valence-corrected chi connectivity index (χ2v) is 8.50. The third-order valence-corrected chi connectivity index (χ3v) is 6.62. The lowest BCUT2D eigenvalue weighted by Crippen LogP contribution is -2.21. The molecule has 2 aromatic heterocycles. The SMILES string of the molecule is Cc1ccc(NC(=O)CSc2nc3sc(C)c(C)c3c(=O)n2C)cc1C. The Kier molecular flexibility index (Phi) is 5.20. The quantitative estimate of drug-likeness (QED) is 0.544. The van der Waals surface area contributed by atoms with Crippen LogP contribution in [0.5, 0.6) is 0 Å². The van der Waals surface area contributed by atoms with Crippen molar-refractivity contribution < 1.29 is 4.79 Å². The van der Waals surface area contributed by atoms with E-state index in [1.165, 1.54) is 33.2 Å². The molecule has 136 valence electrons. The molecule has 0 aliphatic carbocycles. The first kappa shape index (κ1) is 18.7. The zero-order valence-corrected chi connectivity index (χ0v) is 17.1. The number of carbonyl (C=O) groups excluding carboxylic acids is 1. The van der Waals surface area contributed by atoms with E-state index >= 15 is 0 Å². The number of nitrogens with zero attached hydrogens (tertiary/aromatic N) is 2. The first-order chi connectivity index (χ1) is 12.3. The van der Waals surface area contributed by atoms with Crippen LogP contribution in [0.15, 0.2) is 28.2 Å². The van der Waals surface area contributed by atoms with Gasteiger partial charge in [-0.25, -0.2) is 4.98 Å². The van der Waals surface area contributed by atoms with Crippen molar-refractivity contribution >= 4 is 44.9 Å². The number of hydrogen-bond donors (Lipinski definition) is 1. The van der Waals surface area contributed by atoms with E-state index in [0.29, 0.717) is 10.5 Å². The topological polar surface area (TPSA) is 64.0 Å². The summed E-state index contributed by atoms with van der Waals surface area (Å²) in [6, 6.07) is 5.83. The van der Waals surface area contributed by atoms with Crippen LogP contribution in [0.2, 0.25) is 0 Å². The van der Waals surface area contributed by atoms with Gasteiger partial charge in [0, 0.05) is 17.6 Å². The summed E-state index contributed by atoms with van der Waals surface area (Å²) in [6.07, 6.45) is 0. The third-order valence-electron chi connectivity index (χ3n) is 4.49. The van der Waals surface area contributed by atoms with E-state index < -0.39 is 0 Å². The molecule has 3 rings (SSSR count). The Morgan fingerprint density at radius 3 is 2.65 bits per heavy atom. The number of benzene rings is 1. The molecule has 0 fully saturated rings. The first-order valence-electron chi connectivity index (χ1n) is 8.24. The number of nitrogens with one attached hydrogen (secondary N) is 1. The number of rotatable bonds is 4. The van der Waals surface area contributed by atoms with Crippen molar-refractivity contribution in [2.75, 3.05) is 11.1 Å². The van der Waals surface area contributed by atoms with E-state index in [9.17, 15) is 9.59 Å². The van der Waals surface area contributed by atoms with Crippen molar-refractivity contribution in [1.29, 1.82) is 0 Å². The second kappa shape index (κ2) is 7.25. The van der Waals surface area contributed by atoms with Crippen LogP contribution in [-0.2, 0) is 11.8 Å². The number of carbonyl (C=O) groups is 1.